The molecule has 0 bridgehead atoms. The Hall–Kier alpha value is -0.950. The van der Waals surface area contributed by atoms with Crippen LogP contribution in [0.4, 0.5) is 4.79 Å². The zero-order valence-corrected chi connectivity index (χ0v) is 12.4. The Morgan fingerprint density at radius 1 is 1.25 bits per heavy atom. The van der Waals surface area contributed by atoms with Crippen LogP contribution in [0.1, 0.15) is 32.1 Å². The molecule has 114 valence electrons. The summed E-state index contributed by atoms with van der Waals surface area (Å²) in [4.78, 5) is 24.5. The van der Waals surface area contributed by atoms with E-state index in [9.17, 15) is 14.7 Å². The highest BCUT2D eigenvalue weighted by Gasteiger charge is 2.39. The molecule has 3 N–H and O–H groups in total. The van der Waals surface area contributed by atoms with Crippen LogP contribution in [0.3, 0.4) is 0 Å². The minimum atomic E-state index is -1.05. The smallest absolute Gasteiger partial charge is 0.326 e. The van der Waals surface area contributed by atoms with Crippen LogP contribution in [0.5, 0.6) is 0 Å². The van der Waals surface area contributed by atoms with Crippen molar-refractivity contribution in [1.82, 2.24) is 10.2 Å². The van der Waals surface area contributed by atoms with Gasteiger partial charge in [-0.2, -0.15) is 11.8 Å². The van der Waals surface area contributed by atoms with Crippen LogP contribution in [-0.2, 0) is 4.79 Å². The van der Waals surface area contributed by atoms with Crippen LogP contribution in [0.2, 0.25) is 0 Å². The second-order valence-corrected chi connectivity index (χ2v) is 6.69. The molecule has 20 heavy (non-hydrogen) atoms. The van der Waals surface area contributed by atoms with E-state index >= 15 is 0 Å². The first-order chi connectivity index (χ1) is 9.51. The number of thioether (sulfide) groups is 1. The van der Waals surface area contributed by atoms with Gasteiger partial charge in [0.2, 0.25) is 0 Å². The second kappa shape index (κ2) is 6.67. The molecular formula is C13H22N2O4S. The highest BCUT2D eigenvalue weighted by molar-refractivity contribution is 7.99. The monoisotopic (exact) mass is 302 g/mol. The molecule has 2 aliphatic rings. The van der Waals surface area contributed by atoms with Crippen LogP contribution in [0.15, 0.2) is 0 Å². The average molecular weight is 302 g/mol. The number of amides is 2. The van der Waals surface area contributed by atoms with Crippen molar-refractivity contribution in [3.63, 3.8) is 0 Å². The van der Waals surface area contributed by atoms with Crippen molar-refractivity contribution in [2.45, 2.75) is 55.5 Å². The number of urea groups is 1. The normalized spacial score (nSPS) is 34.0. The number of carboxylic acids is 1. The fourth-order valence-electron chi connectivity index (χ4n) is 2.97. The second-order valence-electron chi connectivity index (χ2n) is 5.55. The Kier molecular flexibility index (Phi) is 5.15. The molecule has 0 aromatic carbocycles. The number of hydrogen-bond acceptors (Lipinski definition) is 4. The van der Waals surface area contributed by atoms with Crippen molar-refractivity contribution in [2.75, 3.05) is 12.8 Å². The van der Waals surface area contributed by atoms with Gasteiger partial charge in [0.05, 0.1) is 6.10 Å². The highest BCUT2D eigenvalue weighted by Crippen LogP contribution is 2.27. The molecule has 2 amide bonds. The SMILES string of the molecule is CSC1CCC(NC(=O)N2CC(O)C[C@H]2C(=O)O)CC1. The maximum atomic E-state index is 12.2. The van der Waals surface area contributed by atoms with Gasteiger partial charge in [-0.05, 0) is 31.9 Å². The Bertz CT molecular complexity index is 371. The molecule has 6 nitrogen and oxygen atoms in total. The summed E-state index contributed by atoms with van der Waals surface area (Å²) in [5.74, 6) is -1.05. The topological polar surface area (TPSA) is 89.9 Å². The maximum absolute atomic E-state index is 12.2. The van der Waals surface area contributed by atoms with E-state index in [-0.39, 0.29) is 25.0 Å². The molecule has 1 aliphatic heterocycles. The molecule has 1 saturated heterocycles. The molecule has 0 radical (unpaired) electrons. The highest BCUT2D eigenvalue weighted by atomic mass is 32.2. The third kappa shape index (κ3) is 3.58. The molecule has 1 saturated carbocycles. The van der Waals surface area contributed by atoms with Gasteiger partial charge in [-0.3, -0.25) is 0 Å². The zero-order chi connectivity index (χ0) is 14.7. The minimum Gasteiger partial charge on any atom is -0.480 e. The van der Waals surface area contributed by atoms with Crippen LogP contribution in [0.25, 0.3) is 0 Å². The van der Waals surface area contributed by atoms with Gasteiger partial charge in [0.15, 0.2) is 0 Å². The first kappa shape index (κ1) is 15.4. The minimum absolute atomic E-state index is 0.100. The lowest BCUT2D eigenvalue weighted by Gasteiger charge is -2.30. The van der Waals surface area contributed by atoms with Crippen LogP contribution in [0, 0.1) is 0 Å². The van der Waals surface area contributed by atoms with Crippen molar-refractivity contribution in [1.29, 1.82) is 0 Å². The van der Waals surface area contributed by atoms with E-state index in [4.69, 9.17) is 5.11 Å². The van der Waals surface area contributed by atoms with Gasteiger partial charge < -0.3 is 20.4 Å². The summed E-state index contributed by atoms with van der Waals surface area (Å²) in [5.41, 5.74) is 0. The lowest BCUT2D eigenvalue weighted by atomic mass is 9.95. The quantitative estimate of drug-likeness (QED) is 0.720. The summed E-state index contributed by atoms with van der Waals surface area (Å²) in [5, 5.41) is 22.2. The maximum Gasteiger partial charge on any atom is 0.326 e. The molecule has 0 aromatic rings. The van der Waals surface area contributed by atoms with Gasteiger partial charge in [0.1, 0.15) is 6.04 Å². The van der Waals surface area contributed by atoms with E-state index in [0.717, 1.165) is 25.7 Å². The number of hydrogen-bond donors (Lipinski definition) is 3. The number of rotatable bonds is 3. The third-order valence-corrected chi connectivity index (χ3v) is 5.30. The summed E-state index contributed by atoms with van der Waals surface area (Å²) in [6.45, 7) is 0.100. The Balaban J connectivity index is 1.87. The number of likely N-dealkylation sites (tertiary alicyclic amines) is 1. The lowest BCUT2D eigenvalue weighted by Crippen LogP contribution is -2.50. The van der Waals surface area contributed by atoms with E-state index in [1.54, 1.807) is 0 Å². The summed E-state index contributed by atoms with van der Waals surface area (Å²) in [6.07, 6.45) is 5.51. The van der Waals surface area contributed by atoms with E-state index in [1.807, 2.05) is 11.8 Å². The van der Waals surface area contributed by atoms with Crippen molar-refractivity contribution in [2.24, 2.45) is 0 Å². The predicted octanol–water partition coefficient (Wildman–Crippen LogP) is 0.890. The van der Waals surface area contributed by atoms with Gasteiger partial charge in [-0.1, -0.05) is 0 Å². The van der Waals surface area contributed by atoms with Crippen LogP contribution < -0.4 is 5.32 Å². The number of carbonyl (C=O) groups excluding carboxylic acids is 1. The molecule has 2 rings (SSSR count). The molecule has 2 atom stereocenters. The van der Waals surface area contributed by atoms with Crippen molar-refractivity contribution in [3.8, 4) is 0 Å². The molecule has 7 heteroatoms. The van der Waals surface area contributed by atoms with E-state index in [2.05, 4.69) is 11.6 Å². The molecule has 0 spiro atoms. The number of aliphatic carboxylic acids is 1. The largest absolute Gasteiger partial charge is 0.480 e. The summed E-state index contributed by atoms with van der Waals surface area (Å²) < 4.78 is 0. The predicted molar refractivity (Wildman–Crippen MR) is 76.8 cm³/mol. The number of aliphatic hydroxyl groups is 1. The van der Waals surface area contributed by atoms with Crippen molar-refractivity contribution in [3.05, 3.63) is 0 Å². The molecule has 1 aliphatic carbocycles. The Morgan fingerprint density at radius 3 is 2.45 bits per heavy atom. The van der Waals surface area contributed by atoms with E-state index in [0.29, 0.717) is 5.25 Å². The molecule has 1 unspecified atom stereocenters. The number of carboxylic acid groups (broad SMARTS) is 1. The number of β-amino-alcohol motifs (C(OH)–C–C–N with tert-alkyl or cyclic N) is 1. The lowest BCUT2D eigenvalue weighted by molar-refractivity contribution is -0.141. The van der Waals surface area contributed by atoms with Gasteiger partial charge in [0.25, 0.3) is 0 Å². The fraction of sp³-hybridized carbons (Fsp3) is 0.846. The van der Waals surface area contributed by atoms with Crippen LogP contribution >= 0.6 is 11.8 Å². The Morgan fingerprint density at radius 2 is 1.90 bits per heavy atom. The number of nitrogens with zero attached hydrogens (tertiary/aromatic N) is 1. The molecule has 1 heterocycles. The fourth-order valence-corrected chi connectivity index (χ4v) is 3.72. The number of aliphatic hydroxyl groups excluding tert-OH is 1. The van der Waals surface area contributed by atoms with Gasteiger partial charge >= 0.3 is 12.0 Å². The number of carbonyl (C=O) groups is 2. The van der Waals surface area contributed by atoms with Crippen molar-refractivity contribution < 1.29 is 19.8 Å². The third-order valence-electron chi connectivity index (χ3n) is 4.16. The van der Waals surface area contributed by atoms with Crippen LogP contribution in [-0.4, -0.2) is 63.4 Å². The van der Waals surface area contributed by atoms with Gasteiger partial charge in [0, 0.05) is 24.3 Å². The summed E-state index contributed by atoms with van der Waals surface area (Å²) in [6, 6.07) is -1.15. The zero-order valence-electron chi connectivity index (χ0n) is 11.6. The first-order valence-corrected chi connectivity index (χ1v) is 8.31. The van der Waals surface area contributed by atoms with Gasteiger partial charge in [-0.15, -0.1) is 0 Å². The summed E-state index contributed by atoms with van der Waals surface area (Å²) >= 11 is 1.86. The number of nitrogens with one attached hydrogen (secondary N) is 1. The Labute approximate surface area is 122 Å². The van der Waals surface area contributed by atoms with E-state index in [1.165, 1.54) is 4.90 Å². The molecular weight excluding hydrogens is 280 g/mol. The van der Waals surface area contributed by atoms with Gasteiger partial charge in [-0.25, -0.2) is 9.59 Å². The first-order valence-electron chi connectivity index (χ1n) is 7.02. The average Bonchev–Trinajstić information content (AvgIpc) is 2.82. The molecule has 2 fully saturated rings. The molecule has 0 aromatic heterocycles. The van der Waals surface area contributed by atoms with Crippen molar-refractivity contribution >= 4 is 23.8 Å². The van der Waals surface area contributed by atoms with E-state index < -0.39 is 18.1 Å². The standard InChI is InChI=1S/C13H22N2O4S/c1-20-10-4-2-8(3-5-10)14-13(19)15-7-9(16)6-11(15)12(17)18/h8-11,16H,2-7H2,1H3,(H,14,19)(H,17,18)/t8?,9?,10?,11-/m0/s1. The summed E-state index contributed by atoms with van der Waals surface area (Å²) in [7, 11) is 0.